The van der Waals surface area contributed by atoms with Crippen LogP contribution in [0.1, 0.15) is 10.4 Å². The van der Waals surface area contributed by atoms with Gasteiger partial charge in [-0.05, 0) is 37.8 Å². The van der Waals surface area contributed by atoms with Crippen molar-refractivity contribution in [2.45, 2.75) is 0 Å². The van der Waals surface area contributed by atoms with Crippen LogP contribution in [-0.2, 0) is 0 Å². The third-order valence-corrected chi connectivity index (χ3v) is 3.04. The van der Waals surface area contributed by atoms with E-state index in [-0.39, 0.29) is 5.91 Å². The van der Waals surface area contributed by atoms with Gasteiger partial charge in [-0.1, -0.05) is 18.2 Å². The van der Waals surface area contributed by atoms with Gasteiger partial charge in [0.15, 0.2) is 0 Å². The Bertz CT molecular complexity index is 588. The molecule has 1 fully saturated rings. The van der Waals surface area contributed by atoms with Crippen molar-refractivity contribution < 1.29 is 4.79 Å². The molecule has 1 aromatic carbocycles. The second kappa shape index (κ2) is 5.39. The van der Waals surface area contributed by atoms with E-state index in [9.17, 15) is 4.79 Å². The highest BCUT2D eigenvalue weighted by molar-refractivity contribution is 5.97. The van der Waals surface area contributed by atoms with Crippen LogP contribution in [0.25, 0.3) is 10.9 Å². The van der Waals surface area contributed by atoms with Gasteiger partial charge in [0, 0.05) is 24.0 Å². The Morgan fingerprint density at radius 3 is 2.79 bits per heavy atom. The summed E-state index contributed by atoms with van der Waals surface area (Å²) < 4.78 is 0. The minimum atomic E-state index is -0.0977. The second-order valence-electron chi connectivity index (χ2n) is 4.39. The summed E-state index contributed by atoms with van der Waals surface area (Å²) in [6.07, 6.45) is 9.50. The van der Waals surface area contributed by atoms with Crippen LogP contribution in [0.5, 0.6) is 0 Å². The Hall–Kier alpha value is -1.90. The van der Waals surface area contributed by atoms with Gasteiger partial charge in [0.1, 0.15) is 0 Å². The molecule has 0 saturated heterocycles. The number of carbonyl (C=O) groups is 1. The summed E-state index contributed by atoms with van der Waals surface area (Å²) in [5, 5.41) is 3.86. The number of nitrogens with zero attached hydrogens (tertiary/aromatic N) is 1. The lowest BCUT2D eigenvalue weighted by atomic mass is 10.1. The molecular weight excluding hydrogens is 236 g/mol. The van der Waals surface area contributed by atoms with E-state index >= 15 is 0 Å². The van der Waals surface area contributed by atoms with Crippen LogP contribution in [-0.4, -0.2) is 17.4 Å². The first-order valence-corrected chi connectivity index (χ1v) is 6.16. The quantitative estimate of drug-likeness (QED) is 0.907. The highest BCUT2D eigenvalue weighted by Gasteiger charge is 2.17. The zero-order valence-electron chi connectivity index (χ0n) is 10.3. The summed E-state index contributed by atoms with van der Waals surface area (Å²) in [6.45, 7) is 0.540. The Morgan fingerprint density at radius 1 is 1.16 bits per heavy atom. The van der Waals surface area contributed by atoms with Crippen molar-refractivity contribution in [3.63, 3.8) is 0 Å². The van der Waals surface area contributed by atoms with Gasteiger partial charge in [0.25, 0.3) is 5.91 Å². The van der Waals surface area contributed by atoms with E-state index in [1.54, 1.807) is 6.20 Å². The van der Waals surface area contributed by atoms with Crippen molar-refractivity contribution >= 4 is 16.8 Å². The molecule has 0 spiro atoms. The third-order valence-electron chi connectivity index (χ3n) is 3.04. The van der Waals surface area contributed by atoms with Gasteiger partial charge in [-0.25, -0.2) is 0 Å². The first-order chi connectivity index (χ1) is 9.33. The third kappa shape index (κ3) is 2.75. The maximum atomic E-state index is 12.0. The zero-order valence-corrected chi connectivity index (χ0v) is 10.3. The summed E-state index contributed by atoms with van der Waals surface area (Å²) in [5.41, 5.74) is 1.49. The fourth-order valence-electron chi connectivity index (χ4n) is 2.01. The molecular formula is C16H13N2O. The number of para-hydroxylation sites is 1. The van der Waals surface area contributed by atoms with E-state index in [0.29, 0.717) is 12.1 Å². The van der Waals surface area contributed by atoms with Crippen LogP contribution >= 0.6 is 0 Å². The van der Waals surface area contributed by atoms with Crippen molar-refractivity contribution in [3.05, 3.63) is 73.7 Å². The summed E-state index contributed by atoms with van der Waals surface area (Å²) >= 11 is 0. The summed E-state index contributed by atoms with van der Waals surface area (Å²) in [6, 6.07) is 9.63. The Morgan fingerprint density at radius 2 is 1.95 bits per heavy atom. The predicted octanol–water partition coefficient (Wildman–Crippen LogP) is 2.37. The molecule has 0 atom stereocenters. The lowest BCUT2D eigenvalue weighted by Gasteiger charge is -2.09. The number of hydrogen-bond acceptors (Lipinski definition) is 2. The first kappa shape index (κ1) is 12.2. The number of pyridine rings is 1. The largest absolute Gasteiger partial charge is 0.351 e. The molecule has 93 valence electrons. The molecule has 2 aromatic rings. The molecule has 0 bridgehead atoms. The van der Waals surface area contributed by atoms with E-state index in [1.165, 1.54) is 0 Å². The maximum Gasteiger partial charge on any atom is 0.252 e. The molecule has 1 N–H and O–H groups in total. The Kier molecular flexibility index (Phi) is 3.45. The summed E-state index contributed by atoms with van der Waals surface area (Å²) in [7, 11) is 0. The summed E-state index contributed by atoms with van der Waals surface area (Å²) in [4.78, 5) is 16.3. The second-order valence-corrected chi connectivity index (χ2v) is 4.39. The van der Waals surface area contributed by atoms with Gasteiger partial charge in [-0.2, -0.15) is 0 Å². The number of rotatable bonds is 3. The predicted molar refractivity (Wildman–Crippen MR) is 74.5 cm³/mol. The number of carbonyl (C=O) groups excluding carboxylic acids is 1. The highest BCUT2D eigenvalue weighted by atomic mass is 16.1. The average Bonchev–Trinajstić information content (AvgIpc) is 2.97. The lowest BCUT2D eigenvalue weighted by Crippen LogP contribution is -2.27. The number of hydrogen-bond donors (Lipinski definition) is 1. The van der Waals surface area contributed by atoms with Crippen molar-refractivity contribution in [2.75, 3.05) is 6.54 Å². The van der Waals surface area contributed by atoms with Crippen LogP contribution in [0.2, 0.25) is 0 Å². The topological polar surface area (TPSA) is 42.0 Å². The molecule has 1 aliphatic carbocycles. The Balaban J connectivity index is 1.70. The maximum absolute atomic E-state index is 12.0. The van der Waals surface area contributed by atoms with Crippen LogP contribution < -0.4 is 5.32 Å². The molecule has 0 unspecified atom stereocenters. The fourth-order valence-corrected chi connectivity index (χ4v) is 2.01. The minimum Gasteiger partial charge on any atom is -0.351 e. The van der Waals surface area contributed by atoms with Gasteiger partial charge < -0.3 is 5.32 Å². The van der Waals surface area contributed by atoms with E-state index in [1.807, 2.05) is 56.0 Å². The van der Waals surface area contributed by atoms with Crippen molar-refractivity contribution in [1.82, 2.24) is 10.3 Å². The van der Waals surface area contributed by atoms with Crippen molar-refractivity contribution in [3.8, 4) is 0 Å². The molecule has 19 heavy (non-hydrogen) atoms. The highest BCUT2D eigenvalue weighted by Crippen LogP contribution is 2.21. The van der Waals surface area contributed by atoms with Crippen molar-refractivity contribution in [1.29, 1.82) is 0 Å². The number of nitrogens with one attached hydrogen (secondary N) is 1. The summed E-state index contributed by atoms with van der Waals surface area (Å²) in [5.74, 6) is 1.00. The van der Waals surface area contributed by atoms with E-state index in [4.69, 9.17) is 0 Å². The number of benzene rings is 1. The molecule has 3 rings (SSSR count). The standard InChI is InChI=1S/C16H13N2O/c19-16(18-10-12-5-1-2-6-12)14-9-13-7-3-4-8-15(13)17-11-14/h1-9,11H,10H2,(H,18,19). The molecule has 1 saturated carbocycles. The van der Waals surface area contributed by atoms with Gasteiger partial charge in [-0.3, -0.25) is 9.78 Å². The van der Waals surface area contributed by atoms with E-state index < -0.39 is 0 Å². The van der Waals surface area contributed by atoms with E-state index in [0.717, 1.165) is 16.8 Å². The molecule has 5 radical (unpaired) electrons. The molecule has 1 aromatic heterocycles. The Labute approximate surface area is 113 Å². The van der Waals surface area contributed by atoms with Gasteiger partial charge in [-0.15, -0.1) is 0 Å². The van der Waals surface area contributed by atoms with Gasteiger partial charge in [0.2, 0.25) is 0 Å². The number of aromatic nitrogens is 1. The molecule has 1 heterocycles. The van der Waals surface area contributed by atoms with Crippen LogP contribution in [0, 0.1) is 31.6 Å². The minimum absolute atomic E-state index is 0.0977. The SMILES string of the molecule is O=C(NC[C]1[CH][CH][CH][CH]1)c1cnc2ccccc2c1. The average molecular weight is 249 g/mol. The van der Waals surface area contributed by atoms with E-state index in [2.05, 4.69) is 10.3 Å². The van der Waals surface area contributed by atoms with Crippen molar-refractivity contribution in [2.24, 2.45) is 0 Å². The van der Waals surface area contributed by atoms with Gasteiger partial charge >= 0.3 is 0 Å². The monoisotopic (exact) mass is 249 g/mol. The molecule has 3 nitrogen and oxygen atoms in total. The zero-order chi connectivity index (χ0) is 13.1. The number of amides is 1. The molecule has 1 aliphatic rings. The van der Waals surface area contributed by atoms with Crippen LogP contribution in [0.4, 0.5) is 0 Å². The normalized spacial score (nSPS) is 15.8. The van der Waals surface area contributed by atoms with Gasteiger partial charge in [0.05, 0.1) is 11.1 Å². The molecule has 1 amide bonds. The fraction of sp³-hybridized carbons (Fsp3) is 0.0625. The van der Waals surface area contributed by atoms with Crippen LogP contribution in [0.3, 0.4) is 0 Å². The lowest BCUT2D eigenvalue weighted by molar-refractivity contribution is 0.0955. The smallest absolute Gasteiger partial charge is 0.252 e. The molecule has 3 heteroatoms. The van der Waals surface area contributed by atoms with Crippen LogP contribution in [0.15, 0.2) is 36.5 Å². The molecule has 0 aliphatic heterocycles. The number of fused-ring (bicyclic) bond motifs is 1. The first-order valence-electron chi connectivity index (χ1n) is 6.16.